The van der Waals surface area contributed by atoms with Gasteiger partial charge in [0.15, 0.2) is 0 Å². The molecule has 2 N–H and O–H groups in total. The van der Waals surface area contributed by atoms with Gasteiger partial charge in [-0.05, 0) is 46.5 Å². The second kappa shape index (κ2) is 14.1. The van der Waals surface area contributed by atoms with E-state index in [1.165, 1.54) is 0 Å². The molecule has 0 aromatic heterocycles. The average molecular weight is 647 g/mol. The summed E-state index contributed by atoms with van der Waals surface area (Å²) in [6.07, 6.45) is 8.48. The molecule has 0 bridgehead atoms. The molecule has 2 aliphatic heterocycles. The van der Waals surface area contributed by atoms with E-state index in [-0.39, 0.29) is 0 Å². The Bertz CT molecular complexity index is 2060. The molecule has 240 valence electrons. The van der Waals surface area contributed by atoms with Crippen LogP contribution in [0.3, 0.4) is 0 Å². The van der Waals surface area contributed by atoms with Crippen molar-refractivity contribution < 1.29 is 0 Å². The van der Waals surface area contributed by atoms with Crippen LogP contribution in [0.25, 0.3) is 23.3 Å². The lowest BCUT2D eigenvalue weighted by molar-refractivity contribution is 0.748. The molecule has 2 heterocycles. The van der Waals surface area contributed by atoms with E-state index in [4.69, 9.17) is 10.2 Å². The van der Waals surface area contributed by atoms with Crippen molar-refractivity contribution in [1.82, 2.24) is 11.1 Å². The minimum absolute atomic E-state index is 0.909. The molecule has 6 aromatic carbocycles. The van der Waals surface area contributed by atoms with Crippen molar-refractivity contribution >= 4 is 46.1 Å². The number of nitrogens with one attached hydrogen (secondary N) is 2. The topological polar surface area (TPSA) is 55.3 Å². The number of allylic oxidation sites excluding steroid dienone is 2. The van der Waals surface area contributed by atoms with Gasteiger partial charge in [0.25, 0.3) is 0 Å². The first-order chi connectivity index (χ1) is 24.8. The molecule has 50 heavy (non-hydrogen) atoms. The lowest BCUT2D eigenvalue weighted by Crippen LogP contribution is -2.34. The van der Waals surface area contributed by atoms with Gasteiger partial charge in [-0.1, -0.05) is 158 Å². The van der Waals surface area contributed by atoms with Crippen molar-refractivity contribution in [1.29, 1.82) is 0 Å². The number of hydrazine groups is 2. The highest BCUT2D eigenvalue weighted by molar-refractivity contribution is 6.33. The van der Waals surface area contributed by atoms with E-state index in [1.54, 1.807) is 0 Å². The molecule has 0 aliphatic carbocycles. The highest BCUT2D eigenvalue weighted by Crippen LogP contribution is 2.28. The fourth-order valence-electron chi connectivity index (χ4n) is 6.01. The van der Waals surface area contributed by atoms with Crippen LogP contribution in [0.15, 0.2) is 192 Å². The third-order valence-electron chi connectivity index (χ3n) is 8.64. The standard InChI is InChI=1S/C44H34N6/c1-5-13-35(14-6-1)41-31-49(47-45-43(41)37-17-9-3-10-18-37)39-27-23-33(24-28-39)21-22-34-25-29-40(30-26-34)50-32-42(36-15-7-2-8-16-36)44(46-48-50)38-19-11-4-12-20-38/h1-32,47-48H/b22-21+. The van der Waals surface area contributed by atoms with Crippen molar-refractivity contribution in [2.45, 2.75) is 0 Å². The van der Waals surface area contributed by atoms with Crippen LogP contribution in [0.2, 0.25) is 0 Å². The van der Waals surface area contributed by atoms with Crippen molar-refractivity contribution in [2.75, 3.05) is 10.0 Å². The maximum atomic E-state index is 4.78. The molecule has 6 aromatic rings. The number of rotatable bonds is 8. The molecule has 0 fully saturated rings. The van der Waals surface area contributed by atoms with Gasteiger partial charge in [0.1, 0.15) is 11.4 Å². The first kappa shape index (κ1) is 30.4. The van der Waals surface area contributed by atoms with Crippen molar-refractivity contribution in [3.63, 3.8) is 0 Å². The van der Waals surface area contributed by atoms with Gasteiger partial charge in [-0.15, -0.1) is 0 Å². The predicted molar refractivity (Wildman–Crippen MR) is 208 cm³/mol. The van der Waals surface area contributed by atoms with Crippen LogP contribution in [0.5, 0.6) is 0 Å². The number of hydrogen-bond donors (Lipinski definition) is 2. The van der Waals surface area contributed by atoms with Crippen LogP contribution in [0.1, 0.15) is 33.4 Å². The Morgan fingerprint density at radius 2 is 0.680 bits per heavy atom. The van der Waals surface area contributed by atoms with Gasteiger partial charge >= 0.3 is 0 Å². The maximum Gasteiger partial charge on any atom is 0.102 e. The maximum absolute atomic E-state index is 4.78. The molecule has 8 rings (SSSR count). The lowest BCUT2D eigenvalue weighted by atomic mass is 9.96. The molecular formula is C44H34N6. The smallest absolute Gasteiger partial charge is 0.102 e. The summed E-state index contributed by atoms with van der Waals surface area (Å²) in [6.45, 7) is 0. The van der Waals surface area contributed by atoms with E-state index in [2.05, 4.69) is 157 Å². The average Bonchev–Trinajstić information content (AvgIpc) is 3.21. The third kappa shape index (κ3) is 6.59. The van der Waals surface area contributed by atoms with Gasteiger partial charge in [-0.2, -0.15) is 10.2 Å². The molecule has 0 spiro atoms. The highest BCUT2D eigenvalue weighted by atomic mass is 15.7. The molecule has 0 atom stereocenters. The normalized spacial score (nSPS) is 14.2. The van der Waals surface area contributed by atoms with Crippen LogP contribution in [0.4, 0.5) is 11.4 Å². The SMILES string of the molecule is C1=C(c2ccccc2)C(c2ccccc2)=NNN1c1ccc(/C=C/c2ccc(N3C=C(c4ccccc4)C(c4ccccc4)=NN3)cc2)cc1. The number of benzene rings is 6. The predicted octanol–water partition coefficient (Wildman–Crippen LogP) is 9.40. The summed E-state index contributed by atoms with van der Waals surface area (Å²) < 4.78 is 0. The fourth-order valence-corrected chi connectivity index (χ4v) is 6.01. The molecular weight excluding hydrogens is 613 g/mol. The molecule has 6 nitrogen and oxygen atoms in total. The summed E-state index contributed by atoms with van der Waals surface area (Å²) in [5, 5.41) is 13.5. The quantitative estimate of drug-likeness (QED) is 0.162. The van der Waals surface area contributed by atoms with Crippen LogP contribution in [0, 0.1) is 0 Å². The molecule has 0 radical (unpaired) electrons. The summed E-state index contributed by atoms with van der Waals surface area (Å²) >= 11 is 0. The summed E-state index contributed by atoms with van der Waals surface area (Å²) in [5.41, 5.74) is 18.9. The van der Waals surface area contributed by atoms with Gasteiger partial charge in [0.2, 0.25) is 0 Å². The van der Waals surface area contributed by atoms with E-state index >= 15 is 0 Å². The minimum atomic E-state index is 0.909. The van der Waals surface area contributed by atoms with Gasteiger partial charge in [-0.3, -0.25) is 0 Å². The van der Waals surface area contributed by atoms with E-state index < -0.39 is 0 Å². The minimum Gasteiger partial charge on any atom is -0.247 e. The van der Waals surface area contributed by atoms with Crippen molar-refractivity contribution in [3.05, 3.63) is 216 Å². The number of nitrogens with zero attached hydrogens (tertiary/aromatic N) is 4. The van der Waals surface area contributed by atoms with Crippen molar-refractivity contribution in [2.24, 2.45) is 10.2 Å². The van der Waals surface area contributed by atoms with Crippen LogP contribution in [-0.4, -0.2) is 11.4 Å². The first-order valence-electron chi connectivity index (χ1n) is 16.6. The van der Waals surface area contributed by atoms with E-state index in [0.717, 1.165) is 67.3 Å². The first-order valence-corrected chi connectivity index (χ1v) is 16.6. The zero-order chi connectivity index (χ0) is 33.5. The summed E-state index contributed by atoms with van der Waals surface area (Å²) in [5.74, 6) is 0. The zero-order valence-electron chi connectivity index (χ0n) is 27.3. The molecule has 0 saturated heterocycles. The monoisotopic (exact) mass is 646 g/mol. The summed E-state index contributed by atoms with van der Waals surface area (Å²) in [7, 11) is 0. The lowest BCUT2D eigenvalue weighted by Gasteiger charge is -2.27. The number of hydrogen-bond acceptors (Lipinski definition) is 6. The van der Waals surface area contributed by atoms with Gasteiger partial charge in [0.05, 0.1) is 11.4 Å². The van der Waals surface area contributed by atoms with Gasteiger partial charge in [0, 0.05) is 34.7 Å². The van der Waals surface area contributed by atoms with Gasteiger partial charge in [-0.25, -0.2) is 21.1 Å². The molecule has 0 amide bonds. The Labute approximate surface area is 292 Å². The molecule has 2 aliphatic rings. The largest absolute Gasteiger partial charge is 0.247 e. The van der Waals surface area contributed by atoms with E-state index in [1.807, 2.05) is 58.5 Å². The Morgan fingerprint density at radius 3 is 1.02 bits per heavy atom. The summed E-state index contributed by atoms with van der Waals surface area (Å²) in [6, 6.07) is 58.1. The fraction of sp³-hybridized carbons (Fsp3) is 0. The Morgan fingerprint density at radius 1 is 0.360 bits per heavy atom. The summed E-state index contributed by atoms with van der Waals surface area (Å²) in [4.78, 5) is 0. The third-order valence-corrected chi connectivity index (χ3v) is 8.64. The Kier molecular flexibility index (Phi) is 8.55. The second-order valence-corrected chi connectivity index (χ2v) is 11.9. The van der Waals surface area contributed by atoms with Crippen LogP contribution < -0.4 is 21.1 Å². The van der Waals surface area contributed by atoms with Crippen molar-refractivity contribution in [3.8, 4) is 0 Å². The van der Waals surface area contributed by atoms with Crippen LogP contribution >= 0.6 is 0 Å². The molecule has 0 saturated carbocycles. The molecule has 6 heteroatoms. The second-order valence-electron chi connectivity index (χ2n) is 11.9. The molecule has 0 unspecified atom stereocenters. The highest BCUT2D eigenvalue weighted by Gasteiger charge is 2.20. The Hall–Kier alpha value is -6.92. The Balaban J connectivity index is 0.973. The van der Waals surface area contributed by atoms with E-state index in [0.29, 0.717) is 0 Å². The van der Waals surface area contributed by atoms with Gasteiger partial charge < -0.3 is 0 Å². The number of anilines is 2. The zero-order valence-corrected chi connectivity index (χ0v) is 27.3. The van der Waals surface area contributed by atoms with E-state index in [9.17, 15) is 0 Å². The van der Waals surface area contributed by atoms with Crippen LogP contribution in [-0.2, 0) is 0 Å². The number of hydrazone groups is 2.